The lowest BCUT2D eigenvalue weighted by Crippen LogP contribution is -2.00. The molecule has 0 aliphatic heterocycles. The molecule has 0 aliphatic rings. The van der Waals surface area contributed by atoms with E-state index in [2.05, 4.69) is 0 Å². The van der Waals surface area contributed by atoms with Gasteiger partial charge in [-0.15, -0.1) is 0 Å². The molecule has 2 aromatic carbocycles. The molecule has 0 N–H and O–H groups in total. The molecule has 0 spiro atoms. The summed E-state index contributed by atoms with van der Waals surface area (Å²) in [5, 5.41) is 0. The van der Waals surface area contributed by atoms with Gasteiger partial charge in [0.1, 0.15) is 12.4 Å². The second kappa shape index (κ2) is 9.80. The van der Waals surface area contributed by atoms with E-state index in [1.54, 1.807) is 27.9 Å². The first kappa shape index (κ1) is 18.1. The maximum atomic E-state index is 5.57. The van der Waals surface area contributed by atoms with E-state index >= 15 is 0 Å². The van der Waals surface area contributed by atoms with Crippen LogP contribution in [-0.4, -0.2) is 27.9 Å². The number of methoxy groups -OCH3 is 3. The van der Waals surface area contributed by atoms with Crippen LogP contribution in [0.25, 0.3) is 0 Å². The lowest BCUT2D eigenvalue weighted by atomic mass is 10.2. The fourth-order valence-corrected chi connectivity index (χ4v) is 2.12. The van der Waals surface area contributed by atoms with E-state index in [0.29, 0.717) is 31.3 Å². The molecule has 0 bridgehead atoms. The van der Waals surface area contributed by atoms with Gasteiger partial charge in [-0.05, 0) is 35.4 Å². The summed E-state index contributed by atoms with van der Waals surface area (Å²) in [6.45, 7) is 3.04. The van der Waals surface area contributed by atoms with Crippen molar-refractivity contribution in [3.63, 3.8) is 0 Å². The van der Waals surface area contributed by atoms with Crippen molar-refractivity contribution in [3.05, 3.63) is 60.2 Å². The van der Waals surface area contributed by atoms with E-state index in [4.69, 9.17) is 23.7 Å². The zero-order valence-electron chi connectivity index (χ0n) is 14.3. The largest absolute Gasteiger partial charge is 0.497 e. The summed E-state index contributed by atoms with van der Waals surface area (Å²) in [6.07, 6.45) is 0. The van der Waals surface area contributed by atoms with Gasteiger partial charge in [-0.2, -0.15) is 0 Å². The van der Waals surface area contributed by atoms with E-state index in [1.165, 1.54) is 0 Å². The van der Waals surface area contributed by atoms with E-state index in [1.807, 2.05) is 42.5 Å². The molecular formula is C19H23O5. The standard InChI is InChI=1S/C19H23O5/c1-20-17-7-4-15(5-8-17)13-23-10-11-24-14-16-6-9-18(21-2)19(12-16)22-3/h4-10,12H,11,13-14H2,1-3H3. The van der Waals surface area contributed by atoms with Crippen LogP contribution in [0, 0.1) is 6.61 Å². The van der Waals surface area contributed by atoms with Gasteiger partial charge in [-0.1, -0.05) is 18.2 Å². The smallest absolute Gasteiger partial charge is 0.161 e. The molecule has 0 fully saturated rings. The SMILES string of the molecule is COc1ccc(CO[CH]COCc2ccc(OC)c(OC)c2)cc1. The number of ether oxygens (including phenoxy) is 5. The molecule has 0 aliphatic carbocycles. The van der Waals surface area contributed by atoms with Crippen molar-refractivity contribution in [1.29, 1.82) is 0 Å². The van der Waals surface area contributed by atoms with Gasteiger partial charge < -0.3 is 23.7 Å². The van der Waals surface area contributed by atoms with Crippen molar-refractivity contribution in [2.45, 2.75) is 13.2 Å². The van der Waals surface area contributed by atoms with Crippen LogP contribution < -0.4 is 14.2 Å². The summed E-state index contributed by atoms with van der Waals surface area (Å²) in [5.74, 6) is 2.23. The maximum Gasteiger partial charge on any atom is 0.161 e. The molecule has 5 heteroatoms. The highest BCUT2D eigenvalue weighted by molar-refractivity contribution is 5.42. The van der Waals surface area contributed by atoms with Crippen molar-refractivity contribution >= 4 is 0 Å². The molecule has 1 radical (unpaired) electrons. The third-order valence-corrected chi connectivity index (χ3v) is 3.43. The van der Waals surface area contributed by atoms with E-state index in [0.717, 1.165) is 16.9 Å². The minimum absolute atomic E-state index is 0.407. The third kappa shape index (κ3) is 5.44. The second-order valence-electron chi connectivity index (χ2n) is 5.03. The Balaban J connectivity index is 1.65. The quantitative estimate of drug-likeness (QED) is 0.622. The molecule has 0 amide bonds. The van der Waals surface area contributed by atoms with Crippen molar-refractivity contribution < 1.29 is 23.7 Å². The van der Waals surface area contributed by atoms with Crippen LogP contribution in [0.4, 0.5) is 0 Å². The predicted octanol–water partition coefficient (Wildman–Crippen LogP) is 3.61. The molecule has 0 aromatic heterocycles. The van der Waals surface area contributed by atoms with Crippen molar-refractivity contribution in [2.75, 3.05) is 27.9 Å². The average Bonchev–Trinajstić information content (AvgIpc) is 2.64. The highest BCUT2D eigenvalue weighted by Gasteiger charge is 2.04. The summed E-state index contributed by atoms with van der Waals surface area (Å²) in [7, 11) is 4.88. The number of hydrogen-bond acceptors (Lipinski definition) is 5. The number of rotatable bonds is 10. The van der Waals surface area contributed by atoms with Gasteiger partial charge in [-0.3, -0.25) is 0 Å². The lowest BCUT2D eigenvalue weighted by Gasteiger charge is -2.10. The van der Waals surface area contributed by atoms with Gasteiger partial charge >= 0.3 is 0 Å². The van der Waals surface area contributed by atoms with Crippen molar-refractivity contribution in [3.8, 4) is 17.2 Å². The summed E-state index contributed by atoms with van der Waals surface area (Å²) >= 11 is 0. The van der Waals surface area contributed by atoms with Gasteiger partial charge in [0.25, 0.3) is 0 Å². The Hall–Kier alpha value is -2.24. The third-order valence-electron chi connectivity index (χ3n) is 3.43. The van der Waals surface area contributed by atoms with Crippen LogP contribution in [0.1, 0.15) is 11.1 Å². The molecule has 0 unspecified atom stereocenters. The van der Waals surface area contributed by atoms with E-state index in [9.17, 15) is 0 Å². The monoisotopic (exact) mass is 331 g/mol. The Labute approximate surface area is 143 Å². The Morgan fingerprint density at radius 3 is 2.12 bits per heavy atom. The van der Waals surface area contributed by atoms with Crippen molar-refractivity contribution in [2.24, 2.45) is 0 Å². The first-order valence-electron chi connectivity index (χ1n) is 7.61. The molecule has 24 heavy (non-hydrogen) atoms. The summed E-state index contributed by atoms with van der Waals surface area (Å²) in [5.41, 5.74) is 2.09. The van der Waals surface area contributed by atoms with E-state index < -0.39 is 0 Å². The van der Waals surface area contributed by atoms with Gasteiger partial charge in [0.05, 0.1) is 41.2 Å². The minimum atomic E-state index is 0.407. The normalized spacial score (nSPS) is 10.5. The van der Waals surface area contributed by atoms with Gasteiger partial charge in [0.2, 0.25) is 0 Å². The summed E-state index contributed by atoms with van der Waals surface area (Å²) < 4.78 is 26.6. The summed E-state index contributed by atoms with van der Waals surface area (Å²) in [4.78, 5) is 0. The Kier molecular flexibility index (Phi) is 7.39. The molecule has 0 saturated carbocycles. The average molecular weight is 331 g/mol. The molecule has 2 aromatic rings. The topological polar surface area (TPSA) is 46.2 Å². The van der Waals surface area contributed by atoms with Crippen LogP contribution in [0.5, 0.6) is 17.2 Å². The predicted molar refractivity (Wildman–Crippen MR) is 91.3 cm³/mol. The van der Waals surface area contributed by atoms with Crippen LogP contribution in [0.15, 0.2) is 42.5 Å². The minimum Gasteiger partial charge on any atom is -0.497 e. The highest BCUT2D eigenvalue weighted by atomic mass is 16.5. The number of hydrogen-bond donors (Lipinski definition) is 0. The summed E-state index contributed by atoms with van der Waals surface area (Å²) in [6, 6.07) is 13.5. The molecule has 129 valence electrons. The maximum absolute atomic E-state index is 5.57. The van der Waals surface area contributed by atoms with Crippen LogP contribution in [-0.2, 0) is 22.7 Å². The zero-order chi connectivity index (χ0) is 17.2. The fraction of sp³-hybridized carbons (Fsp3) is 0.316. The van der Waals surface area contributed by atoms with E-state index in [-0.39, 0.29) is 0 Å². The Bertz CT molecular complexity index is 610. The van der Waals surface area contributed by atoms with Gasteiger partial charge in [0, 0.05) is 0 Å². The number of benzene rings is 2. The zero-order valence-corrected chi connectivity index (χ0v) is 14.3. The Morgan fingerprint density at radius 2 is 1.46 bits per heavy atom. The molecule has 0 saturated heterocycles. The van der Waals surface area contributed by atoms with Gasteiger partial charge in [-0.25, -0.2) is 0 Å². The first-order chi connectivity index (χ1) is 11.8. The van der Waals surface area contributed by atoms with Crippen LogP contribution >= 0.6 is 0 Å². The fourth-order valence-electron chi connectivity index (χ4n) is 2.12. The lowest BCUT2D eigenvalue weighted by molar-refractivity contribution is 0.0761. The van der Waals surface area contributed by atoms with Crippen LogP contribution in [0.2, 0.25) is 0 Å². The van der Waals surface area contributed by atoms with Crippen LogP contribution in [0.3, 0.4) is 0 Å². The second-order valence-corrected chi connectivity index (χ2v) is 5.03. The van der Waals surface area contributed by atoms with Crippen molar-refractivity contribution in [1.82, 2.24) is 0 Å². The molecule has 2 rings (SSSR count). The molecular weight excluding hydrogens is 308 g/mol. The van der Waals surface area contributed by atoms with Gasteiger partial charge in [0.15, 0.2) is 11.5 Å². The molecule has 0 atom stereocenters. The molecule has 0 heterocycles. The molecule has 5 nitrogen and oxygen atoms in total. The first-order valence-corrected chi connectivity index (χ1v) is 7.61. The Morgan fingerprint density at radius 1 is 0.750 bits per heavy atom. The highest BCUT2D eigenvalue weighted by Crippen LogP contribution is 2.27.